The standard InChI is InChI=1S/C15H18BrNO4/c1-10-3-2-6-17(8-10)14(19)9-21-15(20)12-7-11(16)4-5-13(12)18/h4-5,7,10,18H,2-3,6,8-9H2,1H3/t10-/m1/s1. The zero-order valence-electron chi connectivity index (χ0n) is 11.8. The number of phenols is 1. The maximum absolute atomic E-state index is 12.0. The van der Waals surface area contributed by atoms with Gasteiger partial charge in [0, 0.05) is 17.6 Å². The molecular weight excluding hydrogens is 338 g/mol. The SMILES string of the molecule is C[C@@H]1CCCN(C(=O)COC(=O)c2cc(Br)ccc2O)C1. The number of carbonyl (C=O) groups is 2. The molecule has 2 rings (SSSR count). The molecule has 1 aromatic carbocycles. The average Bonchev–Trinajstić information content (AvgIpc) is 2.47. The van der Waals surface area contributed by atoms with Crippen molar-refractivity contribution in [3.8, 4) is 5.75 Å². The lowest BCUT2D eigenvalue weighted by Gasteiger charge is -2.30. The number of carbonyl (C=O) groups excluding carboxylic acids is 2. The van der Waals surface area contributed by atoms with Crippen LogP contribution < -0.4 is 0 Å². The molecule has 0 saturated carbocycles. The van der Waals surface area contributed by atoms with Crippen LogP contribution >= 0.6 is 15.9 Å². The molecule has 6 heteroatoms. The molecule has 1 heterocycles. The molecule has 1 saturated heterocycles. The van der Waals surface area contributed by atoms with E-state index >= 15 is 0 Å². The fourth-order valence-corrected chi connectivity index (χ4v) is 2.75. The Balaban J connectivity index is 1.91. The topological polar surface area (TPSA) is 66.8 Å². The molecule has 1 N–H and O–H groups in total. The first-order chi connectivity index (χ1) is 9.97. The summed E-state index contributed by atoms with van der Waals surface area (Å²) in [5.41, 5.74) is 0.0455. The molecule has 114 valence electrons. The predicted molar refractivity (Wildman–Crippen MR) is 81.1 cm³/mol. The van der Waals surface area contributed by atoms with Gasteiger partial charge in [-0.05, 0) is 37.0 Å². The monoisotopic (exact) mass is 355 g/mol. The summed E-state index contributed by atoms with van der Waals surface area (Å²) in [6, 6.07) is 4.48. The highest BCUT2D eigenvalue weighted by Crippen LogP contribution is 2.22. The summed E-state index contributed by atoms with van der Waals surface area (Å²) in [5, 5.41) is 9.64. The third-order valence-corrected chi connectivity index (χ3v) is 4.01. The van der Waals surface area contributed by atoms with E-state index < -0.39 is 5.97 Å². The van der Waals surface area contributed by atoms with Crippen LogP contribution in [0.25, 0.3) is 0 Å². The molecule has 21 heavy (non-hydrogen) atoms. The van der Waals surface area contributed by atoms with E-state index in [4.69, 9.17) is 4.74 Å². The van der Waals surface area contributed by atoms with Crippen molar-refractivity contribution in [1.82, 2.24) is 4.90 Å². The number of likely N-dealkylation sites (tertiary alicyclic amines) is 1. The summed E-state index contributed by atoms with van der Waals surface area (Å²) in [7, 11) is 0. The Morgan fingerprint density at radius 3 is 2.95 bits per heavy atom. The number of phenolic OH excluding ortho intramolecular Hbond substituents is 1. The molecule has 5 nitrogen and oxygen atoms in total. The van der Waals surface area contributed by atoms with E-state index in [1.165, 1.54) is 12.1 Å². The van der Waals surface area contributed by atoms with E-state index in [0.29, 0.717) is 23.5 Å². The Kier molecular flexibility index (Phi) is 5.22. The quantitative estimate of drug-likeness (QED) is 0.846. The van der Waals surface area contributed by atoms with Crippen molar-refractivity contribution in [2.75, 3.05) is 19.7 Å². The first kappa shape index (κ1) is 15.8. The van der Waals surface area contributed by atoms with Gasteiger partial charge in [-0.15, -0.1) is 0 Å². The van der Waals surface area contributed by atoms with Gasteiger partial charge in [-0.1, -0.05) is 22.9 Å². The van der Waals surface area contributed by atoms with E-state index in [1.54, 1.807) is 11.0 Å². The predicted octanol–water partition coefficient (Wildman–Crippen LogP) is 2.57. The molecule has 1 amide bonds. The van der Waals surface area contributed by atoms with Crippen molar-refractivity contribution in [2.24, 2.45) is 5.92 Å². The van der Waals surface area contributed by atoms with Crippen LogP contribution in [-0.4, -0.2) is 41.6 Å². The first-order valence-electron chi connectivity index (χ1n) is 6.91. The highest BCUT2D eigenvalue weighted by atomic mass is 79.9. The van der Waals surface area contributed by atoms with Gasteiger partial charge in [0.05, 0.1) is 0 Å². The van der Waals surface area contributed by atoms with Gasteiger partial charge >= 0.3 is 5.97 Å². The molecule has 0 bridgehead atoms. The summed E-state index contributed by atoms with van der Waals surface area (Å²) < 4.78 is 5.66. The molecular formula is C15H18BrNO4. The number of hydrogen-bond acceptors (Lipinski definition) is 4. The zero-order chi connectivity index (χ0) is 15.4. The second kappa shape index (κ2) is 6.93. The number of benzene rings is 1. The lowest BCUT2D eigenvalue weighted by Crippen LogP contribution is -2.41. The van der Waals surface area contributed by atoms with Gasteiger partial charge in [0.2, 0.25) is 0 Å². The van der Waals surface area contributed by atoms with Crippen molar-refractivity contribution in [1.29, 1.82) is 0 Å². The molecule has 1 aliphatic heterocycles. The number of halogens is 1. The Bertz CT molecular complexity index is 546. The van der Waals surface area contributed by atoms with Crippen molar-refractivity contribution in [3.05, 3.63) is 28.2 Å². The maximum atomic E-state index is 12.0. The smallest absolute Gasteiger partial charge is 0.342 e. The zero-order valence-corrected chi connectivity index (χ0v) is 13.4. The van der Waals surface area contributed by atoms with Gasteiger partial charge in [0.15, 0.2) is 6.61 Å². The van der Waals surface area contributed by atoms with E-state index in [-0.39, 0.29) is 23.8 Å². The third kappa shape index (κ3) is 4.20. The highest BCUT2D eigenvalue weighted by molar-refractivity contribution is 9.10. The summed E-state index contributed by atoms with van der Waals surface area (Å²) in [6.07, 6.45) is 2.10. The maximum Gasteiger partial charge on any atom is 0.342 e. The molecule has 1 atom stereocenters. The second-order valence-electron chi connectivity index (χ2n) is 5.32. The van der Waals surface area contributed by atoms with E-state index in [1.807, 2.05) is 0 Å². The number of hydrogen-bond donors (Lipinski definition) is 1. The molecule has 0 aromatic heterocycles. The number of piperidine rings is 1. The summed E-state index contributed by atoms with van der Waals surface area (Å²) in [5.74, 6) is -0.577. The average molecular weight is 356 g/mol. The van der Waals surface area contributed by atoms with Crippen molar-refractivity contribution in [3.63, 3.8) is 0 Å². The Labute approximate surface area is 132 Å². The van der Waals surface area contributed by atoms with Gasteiger partial charge in [-0.2, -0.15) is 0 Å². The molecule has 1 fully saturated rings. The number of rotatable bonds is 3. The number of aromatic hydroxyl groups is 1. The van der Waals surface area contributed by atoms with E-state index in [2.05, 4.69) is 22.9 Å². The van der Waals surface area contributed by atoms with Crippen LogP contribution in [0, 0.1) is 5.92 Å². The summed E-state index contributed by atoms with van der Waals surface area (Å²) in [6.45, 7) is 3.23. The minimum Gasteiger partial charge on any atom is -0.507 e. The van der Waals surface area contributed by atoms with Crippen LogP contribution in [0.15, 0.2) is 22.7 Å². The number of nitrogens with zero attached hydrogens (tertiary/aromatic N) is 1. The molecule has 1 aromatic rings. The van der Waals surface area contributed by atoms with Crippen LogP contribution in [0.5, 0.6) is 5.75 Å². The van der Waals surface area contributed by atoms with Crippen LogP contribution in [0.4, 0.5) is 0 Å². The summed E-state index contributed by atoms with van der Waals surface area (Å²) >= 11 is 3.22. The molecule has 0 spiro atoms. The minimum absolute atomic E-state index is 0.0455. The van der Waals surface area contributed by atoms with Gasteiger partial charge in [-0.25, -0.2) is 4.79 Å². The van der Waals surface area contributed by atoms with Gasteiger partial charge in [-0.3, -0.25) is 4.79 Å². The van der Waals surface area contributed by atoms with Crippen LogP contribution in [-0.2, 0) is 9.53 Å². The highest BCUT2D eigenvalue weighted by Gasteiger charge is 2.22. The lowest BCUT2D eigenvalue weighted by atomic mass is 10.0. The van der Waals surface area contributed by atoms with Crippen LogP contribution in [0.1, 0.15) is 30.1 Å². The molecule has 0 radical (unpaired) electrons. The second-order valence-corrected chi connectivity index (χ2v) is 6.24. The van der Waals surface area contributed by atoms with Crippen LogP contribution in [0.2, 0.25) is 0 Å². The number of esters is 1. The fraction of sp³-hybridized carbons (Fsp3) is 0.467. The van der Waals surface area contributed by atoms with Gasteiger partial charge in [0.1, 0.15) is 11.3 Å². The Morgan fingerprint density at radius 1 is 1.48 bits per heavy atom. The lowest BCUT2D eigenvalue weighted by molar-refractivity contribution is -0.136. The van der Waals surface area contributed by atoms with Crippen molar-refractivity contribution >= 4 is 27.8 Å². The van der Waals surface area contributed by atoms with Crippen molar-refractivity contribution in [2.45, 2.75) is 19.8 Å². The summed E-state index contributed by atoms with van der Waals surface area (Å²) in [4.78, 5) is 25.6. The van der Waals surface area contributed by atoms with E-state index in [0.717, 1.165) is 12.8 Å². The Morgan fingerprint density at radius 2 is 2.24 bits per heavy atom. The first-order valence-corrected chi connectivity index (χ1v) is 7.70. The van der Waals surface area contributed by atoms with Gasteiger partial charge < -0.3 is 14.7 Å². The number of amides is 1. The normalized spacial score (nSPS) is 18.4. The minimum atomic E-state index is -0.702. The van der Waals surface area contributed by atoms with Crippen molar-refractivity contribution < 1.29 is 19.4 Å². The van der Waals surface area contributed by atoms with Gasteiger partial charge in [0.25, 0.3) is 5.91 Å². The molecule has 0 unspecified atom stereocenters. The van der Waals surface area contributed by atoms with E-state index in [9.17, 15) is 14.7 Å². The molecule has 1 aliphatic rings. The third-order valence-electron chi connectivity index (χ3n) is 3.51. The Hall–Kier alpha value is -1.56. The van der Waals surface area contributed by atoms with Crippen LogP contribution in [0.3, 0.4) is 0 Å². The number of ether oxygens (including phenoxy) is 1. The largest absolute Gasteiger partial charge is 0.507 e. The fourth-order valence-electron chi connectivity index (χ4n) is 2.38. The molecule has 0 aliphatic carbocycles.